The molecule has 1 N–H and O–H groups in total. The maximum atomic E-state index is 13.0. The van der Waals surface area contributed by atoms with Crippen LogP contribution in [0.3, 0.4) is 0 Å². The van der Waals surface area contributed by atoms with Gasteiger partial charge in [0.25, 0.3) is 0 Å². The van der Waals surface area contributed by atoms with Crippen LogP contribution >= 0.6 is 0 Å². The summed E-state index contributed by atoms with van der Waals surface area (Å²) < 4.78 is 33.5. The molecule has 1 spiro atoms. The van der Waals surface area contributed by atoms with E-state index in [1.807, 2.05) is 19.1 Å². The fourth-order valence-corrected chi connectivity index (χ4v) is 5.49. The molecular weight excluding hydrogens is 350 g/mol. The molecule has 5 nitrogen and oxygen atoms in total. The summed E-state index contributed by atoms with van der Waals surface area (Å²) in [4.78, 5) is 0.345. The molecule has 146 valence electrons. The van der Waals surface area contributed by atoms with E-state index in [4.69, 9.17) is 4.74 Å². The molecule has 2 aliphatic rings. The first-order chi connectivity index (χ1) is 11.9. The van der Waals surface area contributed by atoms with Crippen LogP contribution in [0.25, 0.3) is 0 Å². The van der Waals surface area contributed by atoms with E-state index in [-0.39, 0.29) is 11.0 Å². The van der Waals surface area contributed by atoms with Crippen LogP contribution in [0.2, 0.25) is 0 Å². The molecule has 2 heterocycles. The molecule has 1 unspecified atom stereocenters. The van der Waals surface area contributed by atoms with Crippen molar-refractivity contribution < 1.29 is 18.3 Å². The molecular formula is C20H31NO4S. The maximum Gasteiger partial charge on any atom is 0.243 e. The minimum Gasteiger partial charge on any atom is -0.390 e. The summed E-state index contributed by atoms with van der Waals surface area (Å²) >= 11 is 0. The van der Waals surface area contributed by atoms with E-state index >= 15 is 0 Å². The zero-order valence-electron chi connectivity index (χ0n) is 16.3. The van der Waals surface area contributed by atoms with Crippen LogP contribution in [0.4, 0.5) is 0 Å². The third-order valence-electron chi connectivity index (χ3n) is 5.74. The lowest BCUT2D eigenvalue weighted by Crippen LogP contribution is -2.54. The number of hydrogen-bond acceptors (Lipinski definition) is 4. The fraction of sp³-hybridized carbons (Fsp3) is 0.700. The first-order valence-electron chi connectivity index (χ1n) is 9.41. The molecule has 3 rings (SSSR count). The number of nitrogens with zero attached hydrogens (tertiary/aromatic N) is 1. The summed E-state index contributed by atoms with van der Waals surface area (Å²) in [5.41, 5.74) is 0.00737. The maximum absolute atomic E-state index is 13.0. The van der Waals surface area contributed by atoms with E-state index in [1.165, 1.54) is 0 Å². The number of piperidine rings is 1. The lowest BCUT2D eigenvalue weighted by molar-refractivity contribution is -0.168. The lowest BCUT2D eigenvalue weighted by atomic mass is 9.78. The van der Waals surface area contributed by atoms with Crippen molar-refractivity contribution in [3.05, 3.63) is 29.8 Å². The van der Waals surface area contributed by atoms with Crippen LogP contribution in [0.5, 0.6) is 0 Å². The Kier molecular flexibility index (Phi) is 5.02. The second-order valence-corrected chi connectivity index (χ2v) is 11.1. The highest BCUT2D eigenvalue weighted by Crippen LogP contribution is 2.40. The first-order valence-corrected chi connectivity index (χ1v) is 10.8. The predicted molar refractivity (Wildman–Crippen MR) is 102 cm³/mol. The highest BCUT2D eigenvalue weighted by molar-refractivity contribution is 7.89. The number of ether oxygens (including phenoxy) is 1. The average Bonchev–Trinajstić information content (AvgIpc) is 2.53. The van der Waals surface area contributed by atoms with E-state index in [1.54, 1.807) is 16.4 Å². The Labute approximate surface area is 157 Å². The highest BCUT2D eigenvalue weighted by Gasteiger charge is 2.46. The molecule has 0 bridgehead atoms. The van der Waals surface area contributed by atoms with Crippen LogP contribution in [-0.4, -0.2) is 48.7 Å². The Hall–Kier alpha value is -0.950. The van der Waals surface area contributed by atoms with Gasteiger partial charge in [-0.25, -0.2) is 8.42 Å². The van der Waals surface area contributed by atoms with Crippen molar-refractivity contribution in [2.75, 3.05) is 19.7 Å². The van der Waals surface area contributed by atoms with Gasteiger partial charge in [-0.3, -0.25) is 0 Å². The monoisotopic (exact) mass is 381 g/mol. The van der Waals surface area contributed by atoms with E-state index in [2.05, 4.69) is 20.8 Å². The minimum absolute atomic E-state index is 0.00490. The second kappa shape index (κ2) is 6.59. The summed E-state index contributed by atoms with van der Waals surface area (Å²) in [5.74, 6) is 0. The van der Waals surface area contributed by atoms with Crippen LogP contribution in [-0.2, 0) is 20.2 Å². The van der Waals surface area contributed by atoms with Crippen LogP contribution in [0.1, 0.15) is 58.9 Å². The molecule has 1 aromatic rings. The van der Waals surface area contributed by atoms with Gasteiger partial charge >= 0.3 is 0 Å². The van der Waals surface area contributed by atoms with Crippen molar-refractivity contribution in [2.45, 2.75) is 74.9 Å². The van der Waals surface area contributed by atoms with Gasteiger partial charge < -0.3 is 9.84 Å². The molecule has 0 saturated carbocycles. The number of hydrogen-bond donors (Lipinski definition) is 1. The van der Waals surface area contributed by atoms with Crippen molar-refractivity contribution in [1.29, 1.82) is 0 Å². The molecule has 0 aromatic heterocycles. The van der Waals surface area contributed by atoms with E-state index in [0.717, 1.165) is 5.56 Å². The number of aliphatic hydroxyl groups is 1. The zero-order chi connectivity index (χ0) is 19.2. The van der Waals surface area contributed by atoms with Gasteiger partial charge in [-0.2, -0.15) is 4.31 Å². The SMILES string of the molecule is CC1(O)CCOC2(CCN(S(=O)(=O)c3ccc(C(C)(C)C)cc3)CC2)C1. The Morgan fingerprint density at radius 2 is 1.65 bits per heavy atom. The van der Waals surface area contributed by atoms with Crippen molar-refractivity contribution in [2.24, 2.45) is 0 Å². The second-order valence-electron chi connectivity index (χ2n) is 9.13. The Morgan fingerprint density at radius 1 is 1.08 bits per heavy atom. The van der Waals surface area contributed by atoms with Gasteiger partial charge in [0.05, 0.1) is 22.7 Å². The molecule has 2 fully saturated rings. The van der Waals surface area contributed by atoms with Gasteiger partial charge in [0, 0.05) is 19.5 Å². The Bertz CT molecular complexity index is 739. The predicted octanol–water partition coefficient (Wildman–Crippen LogP) is 3.07. The number of sulfonamides is 1. The van der Waals surface area contributed by atoms with Gasteiger partial charge in [0.1, 0.15) is 0 Å². The summed E-state index contributed by atoms with van der Waals surface area (Å²) in [6, 6.07) is 7.23. The molecule has 0 amide bonds. The van der Waals surface area contributed by atoms with Gasteiger partial charge in [-0.05, 0) is 49.3 Å². The molecule has 2 saturated heterocycles. The molecule has 2 aliphatic heterocycles. The van der Waals surface area contributed by atoms with E-state index in [0.29, 0.717) is 50.3 Å². The first kappa shape index (κ1) is 19.8. The highest BCUT2D eigenvalue weighted by atomic mass is 32.2. The quantitative estimate of drug-likeness (QED) is 0.855. The summed E-state index contributed by atoms with van der Waals surface area (Å²) in [6.07, 6.45) is 2.47. The van der Waals surface area contributed by atoms with Gasteiger partial charge in [0.15, 0.2) is 0 Å². The average molecular weight is 382 g/mol. The van der Waals surface area contributed by atoms with E-state index < -0.39 is 15.6 Å². The largest absolute Gasteiger partial charge is 0.390 e. The fourth-order valence-electron chi connectivity index (χ4n) is 4.05. The Balaban J connectivity index is 1.72. The topological polar surface area (TPSA) is 66.8 Å². The van der Waals surface area contributed by atoms with Crippen LogP contribution in [0, 0.1) is 0 Å². The number of rotatable bonds is 2. The third kappa shape index (κ3) is 3.98. The molecule has 6 heteroatoms. The summed E-state index contributed by atoms with van der Waals surface area (Å²) in [7, 11) is -3.49. The standard InChI is InChI=1S/C20H31NO4S/c1-18(2,3)16-5-7-17(8-6-16)26(23,24)21-12-9-20(10-13-21)15-19(4,22)11-14-25-20/h5-8,22H,9-15H2,1-4H3. The van der Waals surface area contributed by atoms with Crippen LogP contribution in [0.15, 0.2) is 29.2 Å². The summed E-state index contributed by atoms with van der Waals surface area (Å²) in [5, 5.41) is 10.4. The lowest BCUT2D eigenvalue weighted by Gasteiger charge is -2.47. The van der Waals surface area contributed by atoms with Crippen molar-refractivity contribution in [3.8, 4) is 0 Å². The third-order valence-corrected chi connectivity index (χ3v) is 7.66. The van der Waals surface area contributed by atoms with Gasteiger partial charge in [-0.15, -0.1) is 0 Å². The smallest absolute Gasteiger partial charge is 0.243 e. The normalized spacial score (nSPS) is 27.6. The summed E-state index contributed by atoms with van der Waals surface area (Å²) in [6.45, 7) is 9.57. The molecule has 0 radical (unpaired) electrons. The van der Waals surface area contributed by atoms with Crippen molar-refractivity contribution >= 4 is 10.0 Å². The van der Waals surface area contributed by atoms with Crippen molar-refractivity contribution in [3.63, 3.8) is 0 Å². The Morgan fingerprint density at radius 3 is 2.15 bits per heavy atom. The molecule has 1 aromatic carbocycles. The number of benzene rings is 1. The van der Waals surface area contributed by atoms with E-state index in [9.17, 15) is 13.5 Å². The van der Waals surface area contributed by atoms with Gasteiger partial charge in [0.2, 0.25) is 10.0 Å². The zero-order valence-corrected chi connectivity index (χ0v) is 17.1. The van der Waals surface area contributed by atoms with Crippen LogP contribution < -0.4 is 0 Å². The molecule has 1 atom stereocenters. The minimum atomic E-state index is -3.49. The van der Waals surface area contributed by atoms with Gasteiger partial charge in [-0.1, -0.05) is 32.9 Å². The van der Waals surface area contributed by atoms with Crippen molar-refractivity contribution in [1.82, 2.24) is 4.31 Å². The molecule has 26 heavy (non-hydrogen) atoms. The molecule has 0 aliphatic carbocycles.